The van der Waals surface area contributed by atoms with Crippen LogP contribution >= 0.6 is 0 Å². The number of hydrogen-bond acceptors (Lipinski definition) is 3. The second-order valence-corrected chi connectivity index (χ2v) is 4.80. The minimum absolute atomic E-state index is 0.104. The molecule has 106 valence electrons. The van der Waals surface area contributed by atoms with Crippen LogP contribution in [0.4, 0.5) is 0 Å². The normalized spacial score (nSPS) is 12.0. The van der Waals surface area contributed by atoms with E-state index < -0.39 is 0 Å². The number of carbonyl (C=O) groups excluding carboxylic acids is 1. The third-order valence-electron chi connectivity index (χ3n) is 3.23. The van der Waals surface area contributed by atoms with Crippen molar-refractivity contribution in [2.75, 3.05) is 7.11 Å². The molecule has 2 rings (SSSR count). The van der Waals surface area contributed by atoms with Gasteiger partial charge in [-0.1, -0.05) is 12.1 Å². The molecule has 0 saturated heterocycles. The van der Waals surface area contributed by atoms with Gasteiger partial charge in [0.15, 0.2) is 0 Å². The average Bonchev–Trinajstić information content (AvgIpc) is 2.77. The first-order valence-electron chi connectivity index (χ1n) is 6.53. The molecule has 0 spiro atoms. The van der Waals surface area contributed by atoms with E-state index in [9.17, 15) is 4.79 Å². The van der Waals surface area contributed by atoms with Crippen LogP contribution in [-0.4, -0.2) is 13.0 Å². The summed E-state index contributed by atoms with van der Waals surface area (Å²) in [6.07, 6.45) is 0. The van der Waals surface area contributed by atoms with Crippen molar-refractivity contribution < 1.29 is 13.9 Å². The topological polar surface area (TPSA) is 51.5 Å². The van der Waals surface area contributed by atoms with E-state index in [1.54, 1.807) is 20.1 Å². The minimum atomic E-state index is -0.130. The highest BCUT2D eigenvalue weighted by atomic mass is 16.5. The third-order valence-corrected chi connectivity index (χ3v) is 3.23. The van der Waals surface area contributed by atoms with Gasteiger partial charge in [0.1, 0.15) is 17.3 Å². The van der Waals surface area contributed by atoms with Gasteiger partial charge < -0.3 is 14.5 Å². The first-order valence-corrected chi connectivity index (χ1v) is 6.53. The summed E-state index contributed by atoms with van der Waals surface area (Å²) in [5.41, 5.74) is 1.58. The first kappa shape index (κ1) is 14.2. The lowest BCUT2D eigenvalue weighted by Gasteiger charge is -2.14. The number of nitrogens with one attached hydrogen (secondary N) is 1. The monoisotopic (exact) mass is 273 g/mol. The Balaban J connectivity index is 2.12. The van der Waals surface area contributed by atoms with E-state index in [1.807, 2.05) is 38.1 Å². The molecular weight excluding hydrogens is 254 g/mol. The Bertz CT molecular complexity index is 616. The van der Waals surface area contributed by atoms with Crippen LogP contribution in [-0.2, 0) is 0 Å². The van der Waals surface area contributed by atoms with Crippen LogP contribution in [0.15, 0.2) is 34.7 Å². The molecule has 1 N–H and O–H groups in total. The van der Waals surface area contributed by atoms with Crippen molar-refractivity contribution in [2.45, 2.75) is 26.8 Å². The zero-order chi connectivity index (χ0) is 14.7. The van der Waals surface area contributed by atoms with Gasteiger partial charge in [0, 0.05) is 0 Å². The number of hydrogen-bond donors (Lipinski definition) is 1. The van der Waals surface area contributed by atoms with Crippen molar-refractivity contribution in [3.63, 3.8) is 0 Å². The van der Waals surface area contributed by atoms with Crippen LogP contribution < -0.4 is 10.1 Å². The van der Waals surface area contributed by atoms with E-state index in [2.05, 4.69) is 5.32 Å². The van der Waals surface area contributed by atoms with Crippen LogP contribution in [0.3, 0.4) is 0 Å². The maximum atomic E-state index is 12.2. The van der Waals surface area contributed by atoms with Crippen molar-refractivity contribution in [3.05, 3.63) is 53.0 Å². The molecule has 4 heteroatoms. The van der Waals surface area contributed by atoms with Crippen molar-refractivity contribution in [3.8, 4) is 5.75 Å². The molecule has 0 unspecified atom stereocenters. The molecule has 0 bridgehead atoms. The molecule has 0 aliphatic heterocycles. The number of furan rings is 1. The highest BCUT2D eigenvalue weighted by Crippen LogP contribution is 2.20. The SMILES string of the molecule is COc1cccc([C@H](C)NC(=O)c2cc(C)oc2C)c1. The Morgan fingerprint density at radius 3 is 2.65 bits per heavy atom. The Morgan fingerprint density at radius 1 is 1.30 bits per heavy atom. The van der Waals surface area contributed by atoms with E-state index in [0.29, 0.717) is 11.3 Å². The lowest BCUT2D eigenvalue weighted by Crippen LogP contribution is -2.26. The predicted molar refractivity (Wildman–Crippen MR) is 77.1 cm³/mol. The van der Waals surface area contributed by atoms with Gasteiger partial charge in [-0.15, -0.1) is 0 Å². The predicted octanol–water partition coefficient (Wildman–Crippen LogP) is 3.40. The van der Waals surface area contributed by atoms with Gasteiger partial charge >= 0.3 is 0 Å². The standard InChI is InChI=1S/C16H19NO3/c1-10-8-15(12(3)20-10)16(18)17-11(2)13-6-5-7-14(9-13)19-4/h5-9,11H,1-4H3,(H,17,18)/t11-/m0/s1. The fourth-order valence-electron chi connectivity index (χ4n) is 2.12. The molecule has 0 radical (unpaired) electrons. The van der Waals surface area contributed by atoms with Gasteiger partial charge in [0.25, 0.3) is 5.91 Å². The Morgan fingerprint density at radius 2 is 2.05 bits per heavy atom. The van der Waals surface area contributed by atoms with E-state index in [-0.39, 0.29) is 11.9 Å². The number of amides is 1. The maximum Gasteiger partial charge on any atom is 0.255 e. The van der Waals surface area contributed by atoms with Crippen LogP contribution in [0.5, 0.6) is 5.75 Å². The van der Waals surface area contributed by atoms with E-state index in [4.69, 9.17) is 9.15 Å². The molecule has 0 aliphatic rings. The summed E-state index contributed by atoms with van der Waals surface area (Å²) < 4.78 is 10.6. The van der Waals surface area contributed by atoms with E-state index in [0.717, 1.165) is 17.1 Å². The number of carbonyl (C=O) groups is 1. The van der Waals surface area contributed by atoms with E-state index >= 15 is 0 Å². The number of methoxy groups -OCH3 is 1. The second-order valence-electron chi connectivity index (χ2n) is 4.80. The molecule has 1 aromatic heterocycles. The number of aryl methyl sites for hydroxylation is 2. The van der Waals surface area contributed by atoms with Gasteiger partial charge in [0.2, 0.25) is 0 Å². The summed E-state index contributed by atoms with van der Waals surface area (Å²) in [5, 5.41) is 2.96. The Kier molecular flexibility index (Phi) is 4.13. The van der Waals surface area contributed by atoms with Gasteiger partial charge in [-0.3, -0.25) is 4.79 Å². The largest absolute Gasteiger partial charge is 0.497 e. The zero-order valence-electron chi connectivity index (χ0n) is 12.2. The fraction of sp³-hybridized carbons (Fsp3) is 0.312. The number of ether oxygens (including phenoxy) is 1. The second kappa shape index (κ2) is 5.82. The van der Waals surface area contributed by atoms with Gasteiger partial charge in [0.05, 0.1) is 18.7 Å². The van der Waals surface area contributed by atoms with Crippen LogP contribution in [0, 0.1) is 13.8 Å². The first-order chi connectivity index (χ1) is 9.51. The molecule has 2 aromatic rings. The zero-order valence-corrected chi connectivity index (χ0v) is 12.2. The molecule has 1 amide bonds. The Labute approximate surface area is 118 Å². The van der Waals surface area contributed by atoms with Gasteiger partial charge in [-0.05, 0) is 44.5 Å². The smallest absolute Gasteiger partial charge is 0.255 e. The maximum absolute atomic E-state index is 12.2. The highest BCUT2D eigenvalue weighted by Gasteiger charge is 2.16. The molecule has 0 saturated carbocycles. The molecule has 1 heterocycles. The average molecular weight is 273 g/mol. The summed E-state index contributed by atoms with van der Waals surface area (Å²) in [6, 6.07) is 9.31. The molecule has 0 fully saturated rings. The number of rotatable bonds is 4. The summed E-state index contributed by atoms with van der Waals surface area (Å²) in [7, 11) is 1.62. The van der Waals surface area contributed by atoms with Crippen LogP contribution in [0.25, 0.3) is 0 Å². The molecular formula is C16H19NO3. The van der Waals surface area contributed by atoms with E-state index in [1.165, 1.54) is 0 Å². The van der Waals surface area contributed by atoms with Crippen molar-refractivity contribution in [2.24, 2.45) is 0 Å². The van der Waals surface area contributed by atoms with Gasteiger partial charge in [-0.2, -0.15) is 0 Å². The lowest BCUT2D eigenvalue weighted by molar-refractivity contribution is 0.0938. The van der Waals surface area contributed by atoms with Crippen LogP contribution in [0.2, 0.25) is 0 Å². The summed E-state index contributed by atoms with van der Waals surface area (Å²) in [4.78, 5) is 12.2. The lowest BCUT2D eigenvalue weighted by atomic mass is 10.1. The summed E-state index contributed by atoms with van der Waals surface area (Å²) in [5.74, 6) is 2.02. The Hall–Kier alpha value is -2.23. The van der Waals surface area contributed by atoms with Crippen molar-refractivity contribution >= 4 is 5.91 Å². The third kappa shape index (κ3) is 3.02. The highest BCUT2D eigenvalue weighted by molar-refractivity contribution is 5.95. The fourth-order valence-corrected chi connectivity index (χ4v) is 2.12. The molecule has 1 atom stereocenters. The molecule has 20 heavy (non-hydrogen) atoms. The molecule has 1 aromatic carbocycles. The minimum Gasteiger partial charge on any atom is -0.497 e. The van der Waals surface area contributed by atoms with Crippen molar-refractivity contribution in [1.82, 2.24) is 5.32 Å². The molecule has 0 aliphatic carbocycles. The summed E-state index contributed by atoms with van der Waals surface area (Å²) >= 11 is 0. The quantitative estimate of drug-likeness (QED) is 0.929. The summed E-state index contributed by atoms with van der Waals surface area (Å²) in [6.45, 7) is 5.56. The van der Waals surface area contributed by atoms with Crippen LogP contribution in [0.1, 0.15) is 40.4 Å². The van der Waals surface area contributed by atoms with Crippen molar-refractivity contribution in [1.29, 1.82) is 0 Å². The number of benzene rings is 1. The molecule has 4 nitrogen and oxygen atoms in total. The van der Waals surface area contributed by atoms with Gasteiger partial charge in [-0.25, -0.2) is 0 Å².